The van der Waals surface area contributed by atoms with Crippen molar-refractivity contribution in [3.8, 4) is 0 Å². The average molecular weight is 248 g/mol. The number of hydrogen-bond donors (Lipinski definition) is 2. The van der Waals surface area contributed by atoms with E-state index in [-0.39, 0.29) is 11.2 Å². The van der Waals surface area contributed by atoms with Crippen molar-refractivity contribution in [3.63, 3.8) is 0 Å². The quantitative estimate of drug-likeness (QED) is 0.676. The molecule has 2 N–H and O–H groups in total. The summed E-state index contributed by atoms with van der Waals surface area (Å²) < 4.78 is 26.0. The smallest absolute Gasteiger partial charge is 0.212 e. The van der Waals surface area contributed by atoms with Crippen molar-refractivity contribution in [1.29, 1.82) is 0 Å². The number of nitrogens with one attached hydrogen (secondary N) is 2. The zero-order valence-electron chi connectivity index (χ0n) is 10.5. The highest BCUT2D eigenvalue weighted by Gasteiger charge is 2.41. The van der Waals surface area contributed by atoms with E-state index in [9.17, 15) is 8.42 Å². The Morgan fingerprint density at radius 3 is 2.38 bits per heavy atom. The van der Waals surface area contributed by atoms with Crippen LogP contribution in [-0.4, -0.2) is 33.3 Å². The van der Waals surface area contributed by atoms with Crippen LogP contribution in [0.5, 0.6) is 0 Å². The minimum Gasteiger partial charge on any atom is -0.313 e. The summed E-state index contributed by atoms with van der Waals surface area (Å²) in [7, 11) is -3.09. The van der Waals surface area contributed by atoms with Crippen molar-refractivity contribution in [2.75, 3.05) is 18.8 Å². The van der Waals surface area contributed by atoms with Crippen LogP contribution in [0.1, 0.15) is 40.0 Å². The Bertz CT molecular complexity index is 308. The van der Waals surface area contributed by atoms with Gasteiger partial charge in [0, 0.05) is 19.1 Å². The molecular weight excluding hydrogens is 224 g/mol. The molecule has 0 saturated heterocycles. The van der Waals surface area contributed by atoms with Crippen LogP contribution >= 0.6 is 0 Å². The summed E-state index contributed by atoms with van der Waals surface area (Å²) in [5.41, 5.74) is 0.276. The third-order valence-electron chi connectivity index (χ3n) is 3.30. The lowest BCUT2D eigenvalue weighted by Gasteiger charge is -2.14. The average Bonchev–Trinajstić information content (AvgIpc) is 2.95. The highest BCUT2D eigenvalue weighted by atomic mass is 32.2. The maximum Gasteiger partial charge on any atom is 0.212 e. The van der Waals surface area contributed by atoms with Gasteiger partial charge in [-0.25, -0.2) is 13.1 Å². The molecule has 0 atom stereocenters. The second-order valence-electron chi connectivity index (χ2n) is 5.10. The molecule has 0 heterocycles. The second-order valence-corrected chi connectivity index (χ2v) is 7.03. The van der Waals surface area contributed by atoms with Crippen molar-refractivity contribution in [3.05, 3.63) is 0 Å². The Kier molecular flexibility index (Phi) is 4.76. The van der Waals surface area contributed by atoms with Gasteiger partial charge in [0.1, 0.15) is 0 Å². The molecule has 0 aromatic carbocycles. The van der Waals surface area contributed by atoms with Gasteiger partial charge in [0.2, 0.25) is 10.0 Å². The first kappa shape index (κ1) is 13.9. The molecule has 0 bridgehead atoms. The fraction of sp³-hybridized carbons (Fsp3) is 1.00. The predicted octanol–water partition coefficient (Wildman–Crippen LogP) is 1.09. The standard InChI is InChI=1S/C11H24N2O2S/c1-4-11(5-6-11)9-13-16(14,15)8-7-12-10(2)3/h10,12-13H,4-9H2,1-3H3. The summed E-state index contributed by atoms with van der Waals surface area (Å²) in [6, 6.07) is 0.334. The lowest BCUT2D eigenvalue weighted by atomic mass is 10.1. The molecular formula is C11H24N2O2S. The van der Waals surface area contributed by atoms with Crippen LogP contribution in [0.3, 0.4) is 0 Å². The maximum atomic E-state index is 11.7. The number of rotatable bonds is 8. The van der Waals surface area contributed by atoms with Gasteiger partial charge >= 0.3 is 0 Å². The van der Waals surface area contributed by atoms with E-state index in [2.05, 4.69) is 17.0 Å². The minimum atomic E-state index is -3.09. The molecule has 0 aromatic heterocycles. The van der Waals surface area contributed by atoms with E-state index in [4.69, 9.17) is 0 Å². The molecule has 5 heteroatoms. The zero-order chi connectivity index (χ0) is 12.2. The zero-order valence-corrected chi connectivity index (χ0v) is 11.4. The van der Waals surface area contributed by atoms with E-state index in [1.807, 2.05) is 13.8 Å². The molecule has 0 spiro atoms. The molecule has 1 saturated carbocycles. The third-order valence-corrected chi connectivity index (χ3v) is 4.62. The van der Waals surface area contributed by atoms with Crippen LogP contribution in [0.4, 0.5) is 0 Å². The molecule has 0 radical (unpaired) electrons. The molecule has 0 aromatic rings. The fourth-order valence-corrected chi connectivity index (χ4v) is 2.71. The molecule has 16 heavy (non-hydrogen) atoms. The van der Waals surface area contributed by atoms with Crippen LogP contribution in [0.15, 0.2) is 0 Å². The van der Waals surface area contributed by atoms with Gasteiger partial charge in [-0.2, -0.15) is 0 Å². The van der Waals surface area contributed by atoms with Gasteiger partial charge in [-0.3, -0.25) is 0 Å². The Balaban J connectivity index is 2.24. The monoisotopic (exact) mass is 248 g/mol. The first-order chi connectivity index (χ1) is 7.39. The Labute approximate surface area is 99.2 Å². The lowest BCUT2D eigenvalue weighted by Crippen LogP contribution is -2.36. The summed E-state index contributed by atoms with van der Waals surface area (Å²) >= 11 is 0. The topological polar surface area (TPSA) is 58.2 Å². The van der Waals surface area contributed by atoms with Gasteiger partial charge in [-0.15, -0.1) is 0 Å². The van der Waals surface area contributed by atoms with Gasteiger partial charge < -0.3 is 5.32 Å². The minimum absolute atomic E-state index is 0.172. The highest BCUT2D eigenvalue weighted by Crippen LogP contribution is 2.47. The highest BCUT2D eigenvalue weighted by molar-refractivity contribution is 7.89. The molecule has 1 aliphatic rings. The summed E-state index contributed by atoms with van der Waals surface area (Å²) in [4.78, 5) is 0. The Morgan fingerprint density at radius 1 is 1.31 bits per heavy atom. The van der Waals surface area contributed by atoms with Crippen molar-refractivity contribution in [2.24, 2.45) is 5.41 Å². The van der Waals surface area contributed by atoms with E-state index in [1.165, 1.54) is 0 Å². The molecule has 1 rings (SSSR count). The molecule has 1 fully saturated rings. The summed E-state index contributed by atoms with van der Waals surface area (Å²) in [6.45, 7) is 7.29. The Hall–Kier alpha value is -0.130. The first-order valence-electron chi connectivity index (χ1n) is 6.10. The van der Waals surface area contributed by atoms with E-state index < -0.39 is 10.0 Å². The maximum absolute atomic E-state index is 11.7. The van der Waals surface area contributed by atoms with Crippen molar-refractivity contribution >= 4 is 10.0 Å². The summed E-state index contributed by atoms with van der Waals surface area (Å²) in [6.07, 6.45) is 3.40. The fourth-order valence-electron chi connectivity index (χ4n) is 1.65. The van der Waals surface area contributed by atoms with Gasteiger partial charge in [-0.05, 0) is 24.7 Å². The summed E-state index contributed by atoms with van der Waals surface area (Å²) in [5.74, 6) is 0.172. The second kappa shape index (κ2) is 5.47. The van der Waals surface area contributed by atoms with Crippen LogP contribution in [0.25, 0.3) is 0 Å². The van der Waals surface area contributed by atoms with Gasteiger partial charge in [-0.1, -0.05) is 20.8 Å². The lowest BCUT2D eigenvalue weighted by molar-refractivity contribution is 0.474. The molecule has 0 unspecified atom stereocenters. The van der Waals surface area contributed by atoms with Crippen LogP contribution < -0.4 is 10.0 Å². The SMILES string of the molecule is CCC1(CNS(=O)(=O)CCNC(C)C)CC1. The van der Waals surface area contributed by atoms with E-state index in [1.54, 1.807) is 0 Å². The van der Waals surface area contributed by atoms with Crippen LogP contribution in [0.2, 0.25) is 0 Å². The predicted molar refractivity (Wildman–Crippen MR) is 66.9 cm³/mol. The largest absolute Gasteiger partial charge is 0.313 e. The normalized spacial score (nSPS) is 19.0. The van der Waals surface area contributed by atoms with Crippen molar-refractivity contribution in [2.45, 2.75) is 46.1 Å². The van der Waals surface area contributed by atoms with E-state index in [0.717, 1.165) is 19.3 Å². The van der Waals surface area contributed by atoms with E-state index in [0.29, 0.717) is 19.1 Å². The third kappa shape index (κ3) is 4.80. The molecule has 0 aliphatic heterocycles. The molecule has 4 nitrogen and oxygen atoms in total. The van der Waals surface area contributed by atoms with Crippen LogP contribution in [0, 0.1) is 5.41 Å². The van der Waals surface area contributed by atoms with Gasteiger partial charge in [0.15, 0.2) is 0 Å². The van der Waals surface area contributed by atoms with Crippen molar-refractivity contribution < 1.29 is 8.42 Å². The molecule has 0 amide bonds. The Morgan fingerprint density at radius 2 is 1.94 bits per heavy atom. The van der Waals surface area contributed by atoms with Crippen molar-refractivity contribution in [1.82, 2.24) is 10.0 Å². The van der Waals surface area contributed by atoms with Gasteiger partial charge in [0.25, 0.3) is 0 Å². The van der Waals surface area contributed by atoms with Crippen LogP contribution in [-0.2, 0) is 10.0 Å². The number of sulfonamides is 1. The van der Waals surface area contributed by atoms with Gasteiger partial charge in [0.05, 0.1) is 5.75 Å². The summed E-state index contributed by atoms with van der Waals surface area (Å²) in [5, 5.41) is 3.11. The number of hydrogen-bond acceptors (Lipinski definition) is 3. The van der Waals surface area contributed by atoms with E-state index >= 15 is 0 Å². The molecule has 1 aliphatic carbocycles. The molecule has 96 valence electrons. The first-order valence-corrected chi connectivity index (χ1v) is 7.75.